The number of carboxylic acid groups (broad SMARTS) is 1. The van der Waals surface area contributed by atoms with Gasteiger partial charge >= 0.3 is 5.97 Å². The summed E-state index contributed by atoms with van der Waals surface area (Å²) in [4.78, 5) is 33.2. The lowest BCUT2D eigenvalue weighted by Crippen LogP contribution is -2.39. The highest BCUT2D eigenvalue weighted by molar-refractivity contribution is 5.88. The van der Waals surface area contributed by atoms with Crippen LogP contribution in [0, 0.1) is 25.1 Å². The van der Waals surface area contributed by atoms with Gasteiger partial charge in [-0.25, -0.2) is 14.2 Å². The lowest BCUT2D eigenvalue weighted by atomic mass is 9.81. The van der Waals surface area contributed by atoms with Crippen LogP contribution >= 0.6 is 0 Å². The average molecular weight is 661 g/mol. The number of rotatable bonds is 7. The molecule has 0 aliphatic carbocycles. The molecule has 0 spiro atoms. The number of hydrogen-bond donors (Lipinski definition) is 1. The number of aliphatic carboxylic acids is 1. The number of benzene rings is 1. The van der Waals surface area contributed by atoms with Gasteiger partial charge in [-0.05, 0) is 76.0 Å². The number of anilines is 3. The van der Waals surface area contributed by atoms with Gasteiger partial charge in [0.2, 0.25) is 5.95 Å². The molecule has 3 aromatic rings. The molecule has 0 saturated carbocycles. The maximum absolute atomic E-state index is 14.8. The number of nitrogens with zero attached hydrogens (tertiary/aromatic N) is 6. The average Bonchev–Trinajstić information content (AvgIpc) is 3.03. The summed E-state index contributed by atoms with van der Waals surface area (Å²) in [6, 6.07) is 6.50. The minimum absolute atomic E-state index is 0.219. The number of pyridine rings is 1. The molecule has 3 aliphatic heterocycles. The van der Waals surface area contributed by atoms with E-state index in [2.05, 4.69) is 51.8 Å². The van der Waals surface area contributed by atoms with Crippen LogP contribution in [0.15, 0.2) is 24.4 Å². The summed E-state index contributed by atoms with van der Waals surface area (Å²) in [6.45, 7) is 19.4. The lowest BCUT2D eigenvalue weighted by Gasteiger charge is -2.41. The van der Waals surface area contributed by atoms with E-state index in [0.29, 0.717) is 62.4 Å². The fourth-order valence-corrected chi connectivity index (χ4v) is 7.13. The molecule has 1 unspecified atom stereocenters. The Kier molecular flexibility index (Phi) is 9.39. The van der Waals surface area contributed by atoms with Crippen LogP contribution in [0.4, 0.5) is 21.8 Å². The molecule has 3 aliphatic rings. The molecule has 2 aromatic heterocycles. The molecule has 2 fully saturated rings. The van der Waals surface area contributed by atoms with Gasteiger partial charge in [-0.15, -0.1) is 0 Å². The predicted molar refractivity (Wildman–Crippen MR) is 185 cm³/mol. The Hall–Kier alpha value is -3.83. The van der Waals surface area contributed by atoms with Crippen LogP contribution in [0.1, 0.15) is 81.6 Å². The van der Waals surface area contributed by atoms with E-state index in [9.17, 15) is 14.3 Å². The van der Waals surface area contributed by atoms with Gasteiger partial charge in [-0.1, -0.05) is 32.0 Å². The summed E-state index contributed by atoms with van der Waals surface area (Å²) >= 11 is 0. The molecule has 258 valence electrons. The van der Waals surface area contributed by atoms with Crippen LogP contribution in [-0.2, 0) is 27.2 Å². The summed E-state index contributed by atoms with van der Waals surface area (Å²) in [7, 11) is 0. The van der Waals surface area contributed by atoms with Crippen molar-refractivity contribution in [3.8, 4) is 11.1 Å². The standard InChI is InChI=1S/C37H49FN6O4/c1-23-29(31(42-14-11-37(6,7)12-15-42)30(24(2)40-23)32(34(45)46)48-36(3,4)5)26-8-9-27-22-44(13-10-25(27)20-26)35-39-21-28(38)33(41-35)43-16-18-47-19-17-43/h8-9,20-21,32H,10-19,22H2,1-7H3,(H,45,46). The molecule has 2 saturated heterocycles. The Bertz CT molecular complexity index is 1670. The predicted octanol–water partition coefficient (Wildman–Crippen LogP) is 6.26. The van der Waals surface area contributed by atoms with Crippen molar-refractivity contribution in [1.82, 2.24) is 15.0 Å². The van der Waals surface area contributed by atoms with Crippen molar-refractivity contribution in [3.63, 3.8) is 0 Å². The summed E-state index contributed by atoms with van der Waals surface area (Å²) in [5.74, 6) is -0.597. The molecular weight excluding hydrogens is 611 g/mol. The maximum atomic E-state index is 14.8. The molecule has 0 amide bonds. The van der Waals surface area contributed by atoms with Gasteiger partial charge in [-0.3, -0.25) is 4.98 Å². The Morgan fingerprint density at radius 3 is 2.35 bits per heavy atom. The van der Waals surface area contributed by atoms with E-state index in [4.69, 9.17) is 14.5 Å². The minimum Gasteiger partial charge on any atom is -0.479 e. The Balaban J connectivity index is 1.38. The number of fused-ring (bicyclic) bond motifs is 1. The smallest absolute Gasteiger partial charge is 0.337 e. The van der Waals surface area contributed by atoms with Crippen molar-refractivity contribution in [2.24, 2.45) is 5.41 Å². The van der Waals surface area contributed by atoms with Crippen molar-refractivity contribution in [2.45, 2.75) is 86.0 Å². The summed E-state index contributed by atoms with van der Waals surface area (Å²) in [5, 5.41) is 10.5. The number of piperidine rings is 1. The molecule has 1 aromatic carbocycles. The van der Waals surface area contributed by atoms with Gasteiger partial charge < -0.3 is 29.3 Å². The zero-order chi connectivity index (χ0) is 34.4. The van der Waals surface area contributed by atoms with Crippen molar-refractivity contribution >= 4 is 23.4 Å². The lowest BCUT2D eigenvalue weighted by molar-refractivity contribution is -0.160. The first-order chi connectivity index (χ1) is 22.7. The molecular formula is C37H49FN6O4. The van der Waals surface area contributed by atoms with Crippen LogP contribution in [0.25, 0.3) is 11.1 Å². The third-order valence-electron chi connectivity index (χ3n) is 9.78. The van der Waals surface area contributed by atoms with Crippen LogP contribution in [0.5, 0.6) is 0 Å². The molecule has 6 rings (SSSR count). The number of aryl methyl sites for hydroxylation is 2. The van der Waals surface area contributed by atoms with Gasteiger partial charge in [0.25, 0.3) is 0 Å². The topological polar surface area (TPSA) is 104 Å². The zero-order valence-corrected chi connectivity index (χ0v) is 29.4. The van der Waals surface area contributed by atoms with Crippen LogP contribution in [0.2, 0.25) is 0 Å². The van der Waals surface area contributed by atoms with Crippen LogP contribution < -0.4 is 14.7 Å². The molecule has 1 atom stereocenters. The van der Waals surface area contributed by atoms with Crippen molar-refractivity contribution in [1.29, 1.82) is 0 Å². The van der Waals surface area contributed by atoms with Gasteiger partial charge in [0.1, 0.15) is 0 Å². The monoisotopic (exact) mass is 660 g/mol. The van der Waals surface area contributed by atoms with E-state index < -0.39 is 23.5 Å². The van der Waals surface area contributed by atoms with Gasteiger partial charge in [-0.2, -0.15) is 4.98 Å². The second kappa shape index (κ2) is 13.2. The number of aromatic nitrogens is 3. The fourth-order valence-electron chi connectivity index (χ4n) is 7.13. The number of hydrogen-bond acceptors (Lipinski definition) is 9. The van der Waals surface area contributed by atoms with E-state index in [0.717, 1.165) is 60.4 Å². The number of halogens is 1. The summed E-state index contributed by atoms with van der Waals surface area (Å²) < 4.78 is 26.5. The number of carboxylic acids is 1. The summed E-state index contributed by atoms with van der Waals surface area (Å²) in [5.41, 5.74) is 6.99. The molecule has 11 heteroatoms. The first-order valence-electron chi connectivity index (χ1n) is 17.1. The van der Waals surface area contributed by atoms with Crippen molar-refractivity contribution in [2.75, 3.05) is 60.6 Å². The van der Waals surface area contributed by atoms with E-state index in [-0.39, 0.29) is 5.41 Å². The third kappa shape index (κ3) is 7.12. The maximum Gasteiger partial charge on any atom is 0.337 e. The molecule has 10 nitrogen and oxygen atoms in total. The van der Waals surface area contributed by atoms with E-state index in [1.54, 1.807) is 0 Å². The van der Waals surface area contributed by atoms with Crippen LogP contribution in [-0.4, -0.2) is 77.6 Å². The SMILES string of the molecule is Cc1nc(C)c(C(OC(C)(C)C)C(=O)O)c(N2CCC(C)(C)CC2)c1-c1ccc2c(c1)CCN(c1ncc(F)c(N3CCOCC3)n1)C2. The first kappa shape index (κ1) is 34.0. The van der Waals surface area contributed by atoms with E-state index in [1.807, 2.05) is 39.5 Å². The fraction of sp³-hybridized carbons (Fsp3) is 0.568. The second-order valence-corrected chi connectivity index (χ2v) is 15.1. The van der Waals surface area contributed by atoms with E-state index >= 15 is 0 Å². The number of ether oxygens (including phenoxy) is 2. The largest absolute Gasteiger partial charge is 0.479 e. The minimum atomic E-state index is -1.16. The highest BCUT2D eigenvalue weighted by atomic mass is 19.1. The molecule has 0 radical (unpaired) electrons. The van der Waals surface area contributed by atoms with Gasteiger partial charge in [0.15, 0.2) is 17.7 Å². The molecule has 5 heterocycles. The van der Waals surface area contributed by atoms with Gasteiger partial charge in [0, 0.05) is 61.8 Å². The Morgan fingerprint density at radius 2 is 1.69 bits per heavy atom. The molecule has 1 N–H and O–H groups in total. The number of morpholine rings is 1. The quantitative estimate of drug-likeness (QED) is 0.312. The third-order valence-corrected chi connectivity index (χ3v) is 9.78. The Morgan fingerprint density at radius 1 is 0.979 bits per heavy atom. The molecule has 48 heavy (non-hydrogen) atoms. The van der Waals surface area contributed by atoms with E-state index in [1.165, 1.54) is 11.8 Å². The Labute approximate surface area is 283 Å². The molecule has 0 bridgehead atoms. The summed E-state index contributed by atoms with van der Waals surface area (Å²) in [6.07, 6.45) is 2.88. The zero-order valence-electron chi connectivity index (χ0n) is 29.4. The second-order valence-electron chi connectivity index (χ2n) is 15.1. The normalized spacial score (nSPS) is 18.9. The van der Waals surface area contributed by atoms with Gasteiger partial charge in [0.05, 0.1) is 30.7 Å². The number of carbonyl (C=O) groups is 1. The highest BCUT2D eigenvalue weighted by Crippen LogP contribution is 2.45. The van der Waals surface area contributed by atoms with Crippen molar-refractivity contribution in [3.05, 3.63) is 58.3 Å². The highest BCUT2D eigenvalue weighted by Gasteiger charge is 2.37. The first-order valence-corrected chi connectivity index (χ1v) is 17.1. The van der Waals surface area contributed by atoms with Crippen LogP contribution in [0.3, 0.4) is 0 Å². The van der Waals surface area contributed by atoms with Crippen molar-refractivity contribution < 1.29 is 23.8 Å².